The molecule has 1 N–H and O–H groups in total. The van der Waals surface area contributed by atoms with Crippen LogP contribution in [0.25, 0.3) is 11.5 Å². The summed E-state index contributed by atoms with van der Waals surface area (Å²) in [7, 11) is 0. The van der Waals surface area contributed by atoms with Gasteiger partial charge in [-0.1, -0.05) is 26.0 Å². The van der Waals surface area contributed by atoms with Crippen LogP contribution in [0.3, 0.4) is 0 Å². The van der Waals surface area contributed by atoms with E-state index in [2.05, 4.69) is 29.4 Å². The Kier molecular flexibility index (Phi) is 4.42. The molecule has 24 heavy (non-hydrogen) atoms. The summed E-state index contributed by atoms with van der Waals surface area (Å²) < 4.78 is 5.38. The molecule has 5 nitrogen and oxygen atoms in total. The van der Waals surface area contributed by atoms with Gasteiger partial charge in [0.1, 0.15) is 0 Å². The van der Waals surface area contributed by atoms with Gasteiger partial charge in [-0.15, -0.1) is 10.2 Å². The van der Waals surface area contributed by atoms with Crippen molar-refractivity contribution in [2.45, 2.75) is 26.7 Å². The van der Waals surface area contributed by atoms with E-state index in [0.29, 0.717) is 29.0 Å². The van der Waals surface area contributed by atoms with Crippen molar-refractivity contribution in [3.05, 3.63) is 65.5 Å². The number of aryl methyl sites for hydroxylation is 1. The number of nitrogens with zero attached hydrogens (tertiary/aromatic N) is 2. The van der Waals surface area contributed by atoms with Crippen LogP contribution in [0.15, 0.2) is 52.9 Å². The van der Waals surface area contributed by atoms with Crippen LogP contribution in [0.2, 0.25) is 0 Å². The largest absolute Gasteiger partial charge is 0.421 e. The van der Waals surface area contributed by atoms with Gasteiger partial charge in [0.05, 0.1) is 0 Å². The molecule has 0 saturated carbocycles. The summed E-state index contributed by atoms with van der Waals surface area (Å²) in [6.07, 6.45) is 0. The molecule has 3 aromatic rings. The molecular formula is C19H19N3O2. The molecule has 0 spiro atoms. The number of carbonyl (C=O) groups is 1. The van der Waals surface area contributed by atoms with Crippen molar-refractivity contribution >= 4 is 11.6 Å². The number of anilines is 1. The molecule has 0 unspecified atom stereocenters. The Morgan fingerprint density at radius 3 is 2.21 bits per heavy atom. The Labute approximate surface area is 140 Å². The fourth-order valence-electron chi connectivity index (χ4n) is 2.33. The minimum atomic E-state index is -0.133. The Balaban J connectivity index is 1.70. The lowest BCUT2D eigenvalue weighted by Gasteiger charge is -2.08. The van der Waals surface area contributed by atoms with E-state index in [1.165, 1.54) is 5.56 Å². The SMILES string of the molecule is Cc1nnc(-c2ccc(NC(=O)c3ccc(C(C)C)cc3)cc2)o1. The van der Waals surface area contributed by atoms with Gasteiger partial charge in [0.2, 0.25) is 11.8 Å². The predicted octanol–water partition coefficient (Wildman–Crippen LogP) is 4.42. The molecule has 0 saturated heterocycles. The van der Waals surface area contributed by atoms with Crippen molar-refractivity contribution in [1.82, 2.24) is 10.2 Å². The summed E-state index contributed by atoms with van der Waals surface area (Å²) in [5.41, 5.74) is 3.38. The molecule has 5 heteroatoms. The summed E-state index contributed by atoms with van der Waals surface area (Å²) in [5.74, 6) is 1.30. The van der Waals surface area contributed by atoms with E-state index in [4.69, 9.17) is 4.42 Å². The topological polar surface area (TPSA) is 68.0 Å². The van der Waals surface area contributed by atoms with Gasteiger partial charge in [0, 0.05) is 23.7 Å². The normalized spacial score (nSPS) is 10.8. The van der Waals surface area contributed by atoms with Crippen molar-refractivity contribution < 1.29 is 9.21 Å². The quantitative estimate of drug-likeness (QED) is 0.772. The summed E-state index contributed by atoms with van der Waals surface area (Å²) in [4.78, 5) is 12.3. The fourth-order valence-corrected chi connectivity index (χ4v) is 2.33. The van der Waals surface area contributed by atoms with Crippen LogP contribution in [0.4, 0.5) is 5.69 Å². The molecule has 1 amide bonds. The highest BCUT2D eigenvalue weighted by molar-refractivity contribution is 6.04. The van der Waals surface area contributed by atoms with Gasteiger partial charge < -0.3 is 9.73 Å². The van der Waals surface area contributed by atoms with E-state index >= 15 is 0 Å². The Morgan fingerprint density at radius 2 is 1.67 bits per heavy atom. The molecule has 0 bridgehead atoms. The van der Waals surface area contributed by atoms with E-state index in [1.807, 2.05) is 48.5 Å². The maximum atomic E-state index is 12.3. The second kappa shape index (κ2) is 6.66. The average molecular weight is 321 g/mol. The minimum absolute atomic E-state index is 0.133. The molecule has 3 rings (SSSR count). The zero-order valence-electron chi connectivity index (χ0n) is 13.9. The first-order valence-electron chi connectivity index (χ1n) is 7.85. The van der Waals surface area contributed by atoms with E-state index in [1.54, 1.807) is 6.92 Å². The Hall–Kier alpha value is -2.95. The molecule has 122 valence electrons. The molecule has 0 radical (unpaired) electrons. The van der Waals surface area contributed by atoms with Gasteiger partial charge in [0.15, 0.2) is 0 Å². The third-order valence-corrected chi connectivity index (χ3v) is 3.76. The van der Waals surface area contributed by atoms with Crippen LogP contribution < -0.4 is 5.32 Å². The fraction of sp³-hybridized carbons (Fsp3) is 0.211. The molecule has 1 aromatic heterocycles. The monoisotopic (exact) mass is 321 g/mol. The molecule has 0 aliphatic rings. The summed E-state index contributed by atoms with van der Waals surface area (Å²) in [6.45, 7) is 6.00. The van der Waals surface area contributed by atoms with E-state index in [9.17, 15) is 4.79 Å². The number of amides is 1. The second-order valence-electron chi connectivity index (χ2n) is 5.93. The second-order valence-corrected chi connectivity index (χ2v) is 5.93. The highest BCUT2D eigenvalue weighted by Gasteiger charge is 2.09. The molecule has 0 aliphatic heterocycles. The van der Waals surface area contributed by atoms with Crippen LogP contribution in [-0.4, -0.2) is 16.1 Å². The first kappa shape index (κ1) is 15.9. The van der Waals surface area contributed by atoms with Crippen LogP contribution in [-0.2, 0) is 0 Å². The number of hydrogen-bond acceptors (Lipinski definition) is 4. The zero-order valence-corrected chi connectivity index (χ0v) is 13.9. The molecule has 0 atom stereocenters. The highest BCUT2D eigenvalue weighted by atomic mass is 16.4. The van der Waals surface area contributed by atoms with Crippen LogP contribution in [0.5, 0.6) is 0 Å². The first-order chi connectivity index (χ1) is 11.5. The average Bonchev–Trinajstić information content (AvgIpc) is 3.02. The lowest BCUT2D eigenvalue weighted by atomic mass is 10.0. The predicted molar refractivity (Wildman–Crippen MR) is 93.0 cm³/mol. The molecule has 1 heterocycles. The van der Waals surface area contributed by atoms with Crippen LogP contribution in [0.1, 0.15) is 41.6 Å². The maximum absolute atomic E-state index is 12.3. The maximum Gasteiger partial charge on any atom is 0.255 e. The number of benzene rings is 2. The molecular weight excluding hydrogens is 302 g/mol. The van der Waals surface area contributed by atoms with Gasteiger partial charge in [-0.2, -0.15) is 0 Å². The number of carbonyl (C=O) groups excluding carboxylic acids is 1. The van der Waals surface area contributed by atoms with E-state index < -0.39 is 0 Å². The molecule has 0 fully saturated rings. The van der Waals surface area contributed by atoms with Crippen molar-refractivity contribution in [3.8, 4) is 11.5 Å². The minimum Gasteiger partial charge on any atom is -0.421 e. The number of nitrogens with one attached hydrogen (secondary N) is 1. The lowest BCUT2D eigenvalue weighted by Crippen LogP contribution is -2.11. The smallest absolute Gasteiger partial charge is 0.255 e. The van der Waals surface area contributed by atoms with Crippen molar-refractivity contribution in [3.63, 3.8) is 0 Å². The lowest BCUT2D eigenvalue weighted by molar-refractivity contribution is 0.102. The van der Waals surface area contributed by atoms with Gasteiger partial charge >= 0.3 is 0 Å². The summed E-state index contributed by atoms with van der Waals surface area (Å²) in [5, 5.41) is 10.7. The van der Waals surface area contributed by atoms with Crippen molar-refractivity contribution in [1.29, 1.82) is 0 Å². The Bertz CT molecular complexity index is 834. The van der Waals surface area contributed by atoms with E-state index in [0.717, 1.165) is 5.56 Å². The highest BCUT2D eigenvalue weighted by Crippen LogP contribution is 2.21. The van der Waals surface area contributed by atoms with Gasteiger partial charge in [-0.3, -0.25) is 4.79 Å². The van der Waals surface area contributed by atoms with Gasteiger partial charge in [-0.05, 0) is 47.9 Å². The van der Waals surface area contributed by atoms with Crippen molar-refractivity contribution in [2.75, 3.05) is 5.32 Å². The summed E-state index contributed by atoms with van der Waals surface area (Å²) in [6, 6.07) is 15.0. The third kappa shape index (κ3) is 3.51. The number of aromatic nitrogens is 2. The van der Waals surface area contributed by atoms with Crippen LogP contribution in [0, 0.1) is 6.92 Å². The molecule has 2 aromatic carbocycles. The zero-order chi connectivity index (χ0) is 17.1. The standard InChI is InChI=1S/C19H19N3O2/c1-12(2)14-4-6-15(7-5-14)18(23)20-17-10-8-16(9-11-17)19-22-21-13(3)24-19/h4-12H,1-3H3,(H,20,23). The van der Waals surface area contributed by atoms with Crippen LogP contribution >= 0.6 is 0 Å². The number of rotatable bonds is 4. The van der Waals surface area contributed by atoms with E-state index in [-0.39, 0.29) is 5.91 Å². The third-order valence-electron chi connectivity index (χ3n) is 3.76. The van der Waals surface area contributed by atoms with Gasteiger partial charge in [-0.25, -0.2) is 0 Å². The van der Waals surface area contributed by atoms with Gasteiger partial charge in [0.25, 0.3) is 5.91 Å². The van der Waals surface area contributed by atoms with Crippen molar-refractivity contribution in [2.24, 2.45) is 0 Å². The number of hydrogen-bond donors (Lipinski definition) is 1. The summed E-state index contributed by atoms with van der Waals surface area (Å²) >= 11 is 0. The molecule has 0 aliphatic carbocycles. The Morgan fingerprint density at radius 1 is 1.00 bits per heavy atom. The first-order valence-corrected chi connectivity index (χ1v) is 7.85.